The predicted octanol–water partition coefficient (Wildman–Crippen LogP) is 0.0489. The summed E-state index contributed by atoms with van der Waals surface area (Å²) < 4.78 is 24.9. The molecule has 6 nitrogen and oxygen atoms in total. The van der Waals surface area contributed by atoms with Crippen molar-refractivity contribution in [2.75, 3.05) is 11.5 Å². The van der Waals surface area contributed by atoms with Crippen LogP contribution in [0.5, 0.6) is 0 Å². The Morgan fingerprint density at radius 2 is 2.24 bits per heavy atom. The molecule has 1 atom stereocenters. The molecule has 0 spiro atoms. The van der Waals surface area contributed by atoms with E-state index in [1.165, 1.54) is 0 Å². The summed E-state index contributed by atoms with van der Waals surface area (Å²) in [6.45, 7) is 3.20. The molecule has 2 heterocycles. The van der Waals surface area contributed by atoms with Gasteiger partial charge in [-0.1, -0.05) is 6.92 Å². The van der Waals surface area contributed by atoms with Gasteiger partial charge in [0.25, 0.3) is 0 Å². The van der Waals surface area contributed by atoms with E-state index in [1.54, 1.807) is 0 Å². The van der Waals surface area contributed by atoms with Crippen molar-refractivity contribution < 1.29 is 8.42 Å². The molecule has 1 saturated heterocycles. The fraction of sp³-hybridized carbons (Fsp3) is 0.800. The van der Waals surface area contributed by atoms with E-state index in [4.69, 9.17) is 5.73 Å². The summed E-state index contributed by atoms with van der Waals surface area (Å²) in [6.07, 6.45) is 1.60. The van der Waals surface area contributed by atoms with Gasteiger partial charge >= 0.3 is 0 Å². The van der Waals surface area contributed by atoms with Crippen molar-refractivity contribution in [1.29, 1.82) is 0 Å². The number of aromatic nitrogens is 3. The molecular weight excluding hydrogens is 240 g/mol. The van der Waals surface area contributed by atoms with Crippen LogP contribution in [0.25, 0.3) is 0 Å². The van der Waals surface area contributed by atoms with Crippen LogP contribution >= 0.6 is 0 Å². The maximum Gasteiger partial charge on any atom is 0.151 e. The minimum Gasteiger partial charge on any atom is -0.324 e. The van der Waals surface area contributed by atoms with Crippen molar-refractivity contribution in [1.82, 2.24) is 14.8 Å². The molecule has 1 aromatic heterocycles. The third-order valence-electron chi connectivity index (χ3n) is 3.08. The minimum absolute atomic E-state index is 0.0145. The number of rotatable bonds is 4. The van der Waals surface area contributed by atoms with Crippen LogP contribution in [0.3, 0.4) is 0 Å². The topological polar surface area (TPSA) is 90.9 Å². The maximum atomic E-state index is 11.5. The van der Waals surface area contributed by atoms with Gasteiger partial charge in [0.1, 0.15) is 11.6 Å². The van der Waals surface area contributed by atoms with E-state index in [1.807, 2.05) is 4.57 Å². The lowest BCUT2D eigenvalue weighted by Crippen LogP contribution is -2.14. The molecule has 2 rings (SSSR count). The van der Waals surface area contributed by atoms with Gasteiger partial charge in [0.05, 0.1) is 18.1 Å². The second kappa shape index (κ2) is 4.73. The van der Waals surface area contributed by atoms with Crippen LogP contribution in [0.15, 0.2) is 0 Å². The molecule has 0 saturated carbocycles. The van der Waals surface area contributed by atoms with Gasteiger partial charge in [-0.05, 0) is 12.8 Å². The summed E-state index contributed by atoms with van der Waals surface area (Å²) in [4.78, 5) is 0. The number of hydrogen-bond acceptors (Lipinski definition) is 5. The maximum absolute atomic E-state index is 11.5. The number of hydrogen-bond donors (Lipinski definition) is 1. The average Bonchev–Trinajstić information content (AvgIpc) is 2.82. The van der Waals surface area contributed by atoms with Crippen molar-refractivity contribution in [3.8, 4) is 0 Å². The van der Waals surface area contributed by atoms with Crippen molar-refractivity contribution in [2.45, 2.75) is 38.8 Å². The minimum atomic E-state index is -2.89. The zero-order chi connectivity index (χ0) is 12.5. The fourth-order valence-corrected chi connectivity index (χ4v) is 4.01. The van der Waals surface area contributed by atoms with E-state index in [9.17, 15) is 8.42 Å². The zero-order valence-electron chi connectivity index (χ0n) is 9.96. The highest BCUT2D eigenvalue weighted by molar-refractivity contribution is 7.91. The van der Waals surface area contributed by atoms with Crippen LogP contribution in [0, 0.1) is 0 Å². The Morgan fingerprint density at radius 1 is 1.47 bits per heavy atom. The van der Waals surface area contributed by atoms with Gasteiger partial charge in [-0.15, -0.1) is 10.2 Å². The van der Waals surface area contributed by atoms with Crippen molar-refractivity contribution in [3.63, 3.8) is 0 Å². The molecule has 0 amide bonds. The SMILES string of the molecule is CCCn1c(CN)nnc1C1CCS(=O)(=O)C1. The molecule has 0 aliphatic carbocycles. The summed E-state index contributed by atoms with van der Waals surface area (Å²) in [7, 11) is -2.89. The third kappa shape index (κ3) is 2.50. The first-order valence-electron chi connectivity index (χ1n) is 5.90. The van der Waals surface area contributed by atoms with E-state index in [0.29, 0.717) is 13.0 Å². The van der Waals surface area contributed by atoms with Crippen LogP contribution in [0.1, 0.15) is 37.3 Å². The zero-order valence-corrected chi connectivity index (χ0v) is 10.8. The Hall–Kier alpha value is -0.950. The lowest BCUT2D eigenvalue weighted by molar-refractivity contribution is 0.573. The molecule has 1 unspecified atom stereocenters. The van der Waals surface area contributed by atoms with E-state index in [-0.39, 0.29) is 17.4 Å². The quantitative estimate of drug-likeness (QED) is 0.824. The first-order chi connectivity index (χ1) is 8.07. The van der Waals surface area contributed by atoms with Crippen molar-refractivity contribution in [2.24, 2.45) is 5.73 Å². The molecule has 17 heavy (non-hydrogen) atoms. The Kier molecular flexibility index (Phi) is 3.48. The van der Waals surface area contributed by atoms with Gasteiger partial charge in [0, 0.05) is 12.5 Å². The van der Waals surface area contributed by atoms with E-state index in [2.05, 4.69) is 17.1 Å². The highest BCUT2D eigenvalue weighted by Crippen LogP contribution is 2.28. The molecule has 2 N–H and O–H groups in total. The van der Waals surface area contributed by atoms with E-state index < -0.39 is 9.84 Å². The van der Waals surface area contributed by atoms with Gasteiger partial charge in [-0.3, -0.25) is 0 Å². The lowest BCUT2D eigenvalue weighted by atomic mass is 10.1. The second-order valence-electron chi connectivity index (χ2n) is 4.43. The lowest BCUT2D eigenvalue weighted by Gasteiger charge is -2.11. The highest BCUT2D eigenvalue weighted by Gasteiger charge is 2.32. The van der Waals surface area contributed by atoms with Gasteiger partial charge < -0.3 is 10.3 Å². The first kappa shape index (κ1) is 12.5. The molecule has 7 heteroatoms. The van der Waals surface area contributed by atoms with Crippen molar-refractivity contribution in [3.05, 3.63) is 11.6 Å². The largest absolute Gasteiger partial charge is 0.324 e. The fourth-order valence-electron chi connectivity index (χ4n) is 2.27. The Bertz CT molecular complexity index is 494. The molecule has 1 aromatic rings. The summed E-state index contributed by atoms with van der Waals surface area (Å²) in [5.74, 6) is 1.97. The third-order valence-corrected chi connectivity index (χ3v) is 4.85. The van der Waals surface area contributed by atoms with Gasteiger partial charge in [-0.2, -0.15) is 0 Å². The summed E-state index contributed by atoms with van der Waals surface area (Å²) in [6, 6.07) is 0. The van der Waals surface area contributed by atoms with Crippen LogP contribution in [-0.2, 0) is 22.9 Å². The summed E-state index contributed by atoms with van der Waals surface area (Å²) in [5.41, 5.74) is 5.60. The molecular formula is C10H18N4O2S. The Balaban J connectivity index is 2.29. The normalized spacial score (nSPS) is 23.1. The van der Waals surface area contributed by atoms with E-state index >= 15 is 0 Å². The Morgan fingerprint density at radius 3 is 2.76 bits per heavy atom. The van der Waals surface area contributed by atoms with Crippen LogP contribution in [0.4, 0.5) is 0 Å². The van der Waals surface area contributed by atoms with Crippen LogP contribution in [0.2, 0.25) is 0 Å². The molecule has 0 radical (unpaired) electrons. The molecule has 0 bridgehead atoms. The molecule has 1 aliphatic rings. The summed E-state index contributed by atoms with van der Waals surface area (Å²) in [5, 5.41) is 8.16. The molecule has 1 fully saturated rings. The molecule has 1 aliphatic heterocycles. The van der Waals surface area contributed by atoms with Crippen LogP contribution < -0.4 is 5.73 Å². The van der Waals surface area contributed by atoms with Gasteiger partial charge in [0.2, 0.25) is 0 Å². The predicted molar refractivity (Wildman–Crippen MR) is 64.2 cm³/mol. The number of nitrogens with two attached hydrogens (primary N) is 1. The highest BCUT2D eigenvalue weighted by atomic mass is 32.2. The Labute approximate surface area is 101 Å². The number of nitrogens with zero attached hydrogens (tertiary/aromatic N) is 3. The van der Waals surface area contributed by atoms with E-state index in [0.717, 1.165) is 24.6 Å². The first-order valence-corrected chi connectivity index (χ1v) is 7.72. The smallest absolute Gasteiger partial charge is 0.151 e. The van der Waals surface area contributed by atoms with Crippen LogP contribution in [-0.4, -0.2) is 34.7 Å². The molecule has 96 valence electrons. The second-order valence-corrected chi connectivity index (χ2v) is 6.66. The molecule has 0 aromatic carbocycles. The van der Waals surface area contributed by atoms with Gasteiger partial charge in [0.15, 0.2) is 9.84 Å². The average molecular weight is 258 g/mol. The standard InChI is InChI=1S/C10H18N4O2S/c1-2-4-14-9(6-11)12-13-10(14)8-3-5-17(15,16)7-8/h8H,2-7,11H2,1H3. The van der Waals surface area contributed by atoms with Gasteiger partial charge in [-0.25, -0.2) is 8.42 Å². The van der Waals surface area contributed by atoms with Crippen molar-refractivity contribution >= 4 is 9.84 Å². The number of sulfone groups is 1. The summed E-state index contributed by atoms with van der Waals surface area (Å²) >= 11 is 0. The monoisotopic (exact) mass is 258 g/mol.